The zero-order valence-corrected chi connectivity index (χ0v) is 8.64. The number of hydrogen-bond donors (Lipinski definition) is 2. The molecular formula is C10H12N4O2. The van der Waals surface area contributed by atoms with Crippen LogP contribution in [0.2, 0.25) is 0 Å². The molecule has 2 aromatic heterocycles. The molecule has 84 valence electrons. The van der Waals surface area contributed by atoms with E-state index < -0.39 is 11.0 Å². The third kappa shape index (κ3) is 2.47. The number of nitrogens with one attached hydrogen (secondary N) is 2. The molecule has 0 aromatic carbocycles. The minimum absolute atomic E-state index is 0.507. The Morgan fingerprint density at radius 3 is 2.88 bits per heavy atom. The Kier molecular flexibility index (Phi) is 3.00. The number of aromatic nitrogens is 4. The zero-order valence-electron chi connectivity index (χ0n) is 8.64. The Morgan fingerprint density at radius 1 is 1.31 bits per heavy atom. The monoisotopic (exact) mass is 220 g/mol. The number of nitrogens with zero attached hydrogens (tertiary/aromatic N) is 2. The molecule has 0 bridgehead atoms. The van der Waals surface area contributed by atoms with Crippen molar-refractivity contribution in [1.29, 1.82) is 0 Å². The van der Waals surface area contributed by atoms with Gasteiger partial charge in [0, 0.05) is 30.7 Å². The fourth-order valence-electron chi connectivity index (χ4n) is 1.46. The first-order valence-electron chi connectivity index (χ1n) is 5.04. The summed E-state index contributed by atoms with van der Waals surface area (Å²) in [5.41, 5.74) is -0.388. The summed E-state index contributed by atoms with van der Waals surface area (Å²) in [7, 11) is 0. The van der Waals surface area contributed by atoms with E-state index >= 15 is 0 Å². The third-order valence-electron chi connectivity index (χ3n) is 2.26. The summed E-state index contributed by atoms with van der Waals surface area (Å²) >= 11 is 0. The standard InChI is InChI=1S/C10H12N4O2/c15-9-7-8(12-13-10(9)16)3-1-5-14-6-2-4-11-14/h2,4,6-7H,1,3,5H2,(H,12,15)(H,13,16). The largest absolute Gasteiger partial charge is 0.310 e. The van der Waals surface area contributed by atoms with E-state index in [-0.39, 0.29) is 0 Å². The highest BCUT2D eigenvalue weighted by Gasteiger charge is 1.98. The van der Waals surface area contributed by atoms with Gasteiger partial charge in [-0.25, -0.2) is 0 Å². The fraction of sp³-hybridized carbons (Fsp3) is 0.300. The van der Waals surface area contributed by atoms with E-state index in [4.69, 9.17) is 0 Å². The summed E-state index contributed by atoms with van der Waals surface area (Å²) in [5.74, 6) is 0. The summed E-state index contributed by atoms with van der Waals surface area (Å²) < 4.78 is 1.82. The maximum absolute atomic E-state index is 11.1. The Balaban J connectivity index is 1.92. The average Bonchev–Trinajstić information content (AvgIpc) is 2.76. The average molecular weight is 220 g/mol. The van der Waals surface area contributed by atoms with Crippen LogP contribution in [0.4, 0.5) is 0 Å². The van der Waals surface area contributed by atoms with Crippen LogP contribution < -0.4 is 11.0 Å². The van der Waals surface area contributed by atoms with Gasteiger partial charge in [0.25, 0.3) is 0 Å². The van der Waals surface area contributed by atoms with Crippen molar-refractivity contribution in [3.63, 3.8) is 0 Å². The number of aryl methyl sites for hydroxylation is 2. The molecule has 0 atom stereocenters. The first-order valence-corrected chi connectivity index (χ1v) is 5.04. The van der Waals surface area contributed by atoms with Gasteiger partial charge in [0.1, 0.15) is 0 Å². The van der Waals surface area contributed by atoms with Crippen molar-refractivity contribution in [1.82, 2.24) is 20.0 Å². The summed E-state index contributed by atoms with van der Waals surface area (Å²) in [6, 6.07) is 3.20. The molecule has 0 fully saturated rings. The van der Waals surface area contributed by atoms with Gasteiger partial charge in [-0.2, -0.15) is 5.10 Å². The van der Waals surface area contributed by atoms with Crippen molar-refractivity contribution in [2.75, 3.05) is 0 Å². The molecule has 6 nitrogen and oxygen atoms in total. The SMILES string of the molecule is O=c1cc(CCCn2cccn2)[nH][nH]c1=O. The van der Waals surface area contributed by atoms with Gasteiger partial charge in [0.2, 0.25) is 5.43 Å². The molecule has 0 aliphatic carbocycles. The van der Waals surface area contributed by atoms with Crippen molar-refractivity contribution in [2.24, 2.45) is 0 Å². The molecule has 0 aliphatic rings. The highest BCUT2D eigenvalue weighted by atomic mass is 16.2. The van der Waals surface area contributed by atoms with Crippen LogP contribution in [-0.4, -0.2) is 20.0 Å². The van der Waals surface area contributed by atoms with Gasteiger partial charge in [-0.1, -0.05) is 0 Å². The molecule has 6 heteroatoms. The summed E-state index contributed by atoms with van der Waals surface area (Å²) in [6.45, 7) is 0.786. The van der Waals surface area contributed by atoms with E-state index in [0.717, 1.165) is 18.7 Å². The highest BCUT2D eigenvalue weighted by molar-refractivity contribution is 5.00. The van der Waals surface area contributed by atoms with Crippen LogP contribution in [0.5, 0.6) is 0 Å². The van der Waals surface area contributed by atoms with Crippen molar-refractivity contribution >= 4 is 0 Å². The van der Waals surface area contributed by atoms with Crippen molar-refractivity contribution in [2.45, 2.75) is 19.4 Å². The van der Waals surface area contributed by atoms with Crippen LogP contribution >= 0.6 is 0 Å². The van der Waals surface area contributed by atoms with E-state index in [1.54, 1.807) is 6.20 Å². The Hall–Kier alpha value is -2.11. The first kappa shape index (κ1) is 10.4. The van der Waals surface area contributed by atoms with Crippen molar-refractivity contribution < 1.29 is 0 Å². The van der Waals surface area contributed by atoms with Gasteiger partial charge < -0.3 is 5.10 Å². The Bertz CT molecular complexity index is 553. The molecule has 2 N–H and O–H groups in total. The van der Waals surface area contributed by atoms with Gasteiger partial charge in [-0.05, 0) is 18.9 Å². The zero-order chi connectivity index (χ0) is 11.4. The van der Waals surface area contributed by atoms with Gasteiger partial charge >= 0.3 is 5.56 Å². The van der Waals surface area contributed by atoms with Crippen LogP contribution in [0.1, 0.15) is 12.1 Å². The maximum atomic E-state index is 11.1. The number of rotatable bonds is 4. The predicted octanol–water partition coefficient (Wildman–Crippen LogP) is -0.108. The van der Waals surface area contributed by atoms with E-state index in [1.807, 2.05) is 16.9 Å². The molecule has 0 saturated heterocycles. The third-order valence-corrected chi connectivity index (χ3v) is 2.26. The predicted molar refractivity (Wildman–Crippen MR) is 58.2 cm³/mol. The maximum Gasteiger partial charge on any atom is 0.310 e. The van der Waals surface area contributed by atoms with E-state index in [9.17, 15) is 9.59 Å². The van der Waals surface area contributed by atoms with E-state index in [1.165, 1.54) is 6.07 Å². The molecule has 0 amide bonds. The van der Waals surface area contributed by atoms with Gasteiger partial charge in [0.15, 0.2) is 0 Å². The second-order valence-electron chi connectivity index (χ2n) is 3.49. The fourth-order valence-corrected chi connectivity index (χ4v) is 1.46. The van der Waals surface area contributed by atoms with Crippen LogP contribution in [0, 0.1) is 0 Å². The minimum atomic E-state index is -0.615. The highest BCUT2D eigenvalue weighted by Crippen LogP contribution is 1.96. The minimum Gasteiger partial charge on any atom is -0.302 e. The quantitative estimate of drug-likeness (QED) is 0.705. The van der Waals surface area contributed by atoms with Gasteiger partial charge in [-0.15, -0.1) is 0 Å². The lowest BCUT2D eigenvalue weighted by atomic mass is 10.2. The van der Waals surface area contributed by atoms with Crippen LogP contribution in [-0.2, 0) is 13.0 Å². The number of aromatic amines is 2. The molecular weight excluding hydrogens is 208 g/mol. The molecule has 0 unspecified atom stereocenters. The van der Waals surface area contributed by atoms with E-state index in [2.05, 4.69) is 15.3 Å². The Labute approximate surface area is 90.9 Å². The molecule has 16 heavy (non-hydrogen) atoms. The number of hydrogen-bond acceptors (Lipinski definition) is 3. The van der Waals surface area contributed by atoms with E-state index in [0.29, 0.717) is 6.42 Å². The number of H-pyrrole nitrogens is 2. The van der Waals surface area contributed by atoms with Crippen LogP contribution in [0.3, 0.4) is 0 Å². The lowest BCUT2D eigenvalue weighted by Crippen LogP contribution is -2.27. The Morgan fingerprint density at radius 2 is 2.19 bits per heavy atom. The van der Waals surface area contributed by atoms with Gasteiger partial charge in [0.05, 0.1) is 0 Å². The molecule has 2 rings (SSSR count). The second-order valence-corrected chi connectivity index (χ2v) is 3.49. The van der Waals surface area contributed by atoms with Crippen molar-refractivity contribution in [3.05, 3.63) is 50.8 Å². The molecule has 0 aliphatic heterocycles. The molecule has 2 heterocycles. The first-order chi connectivity index (χ1) is 7.75. The lowest BCUT2D eigenvalue weighted by molar-refractivity contribution is 0.573. The normalized spacial score (nSPS) is 10.5. The molecule has 0 radical (unpaired) electrons. The second kappa shape index (κ2) is 4.61. The lowest BCUT2D eigenvalue weighted by Gasteiger charge is -2.01. The summed E-state index contributed by atoms with van der Waals surface area (Å²) in [5, 5.41) is 9.05. The smallest absolute Gasteiger partial charge is 0.302 e. The molecule has 0 spiro atoms. The molecule has 2 aromatic rings. The summed E-state index contributed by atoms with van der Waals surface area (Å²) in [4.78, 5) is 21.9. The van der Waals surface area contributed by atoms with Crippen molar-refractivity contribution in [3.8, 4) is 0 Å². The summed E-state index contributed by atoms with van der Waals surface area (Å²) in [6.07, 6.45) is 5.16. The van der Waals surface area contributed by atoms with Crippen LogP contribution in [0.25, 0.3) is 0 Å². The van der Waals surface area contributed by atoms with Gasteiger partial charge in [-0.3, -0.25) is 19.4 Å². The molecule has 0 saturated carbocycles. The topological polar surface area (TPSA) is 83.5 Å². The van der Waals surface area contributed by atoms with Crippen LogP contribution in [0.15, 0.2) is 34.1 Å².